The maximum Gasteiger partial charge on any atom is 0.0633 e. The number of rotatable bonds is 4. The molecule has 0 spiro atoms. The molecule has 0 radical (unpaired) electrons. The van der Waals surface area contributed by atoms with Gasteiger partial charge in [-0.15, -0.1) is 0 Å². The summed E-state index contributed by atoms with van der Waals surface area (Å²) in [7, 11) is 0. The van der Waals surface area contributed by atoms with E-state index in [1.807, 2.05) is 0 Å². The summed E-state index contributed by atoms with van der Waals surface area (Å²) in [6.45, 7) is 4.72. The molecule has 0 N–H and O–H groups in total. The highest BCUT2D eigenvalue weighted by atomic mass is 15.2. The monoisotopic (exact) mass is 678 g/mol. The standard InChI is InChI=1S/C51H38N2/c1-51(2)45-20-9-6-17-39(45)40-26-25-38(32-46(40)51)53-48-22-11-8-19-42(48)44-31-36(24-28-50(44)53)35-23-27-49-43(30-35)41-18-7-10-21-47(41)52(49)37-16-12-15-34(29-37)33-13-4-3-5-14-33/h3-26,28-32,49H,27H2,1-2H3. The molecule has 2 nitrogen and oxygen atoms in total. The summed E-state index contributed by atoms with van der Waals surface area (Å²) in [6.07, 6.45) is 5.85. The fourth-order valence-electron chi connectivity index (χ4n) is 9.53. The Morgan fingerprint density at radius 2 is 1.25 bits per heavy atom. The van der Waals surface area contributed by atoms with Gasteiger partial charge in [-0.1, -0.05) is 135 Å². The van der Waals surface area contributed by atoms with E-state index in [1.165, 1.54) is 94.5 Å². The van der Waals surface area contributed by atoms with E-state index in [4.69, 9.17) is 0 Å². The molecule has 1 atom stereocenters. The van der Waals surface area contributed by atoms with Crippen LogP contribution in [0.2, 0.25) is 0 Å². The average molecular weight is 679 g/mol. The van der Waals surface area contributed by atoms with Gasteiger partial charge in [-0.2, -0.15) is 0 Å². The summed E-state index contributed by atoms with van der Waals surface area (Å²) in [6, 6.07) is 60.8. The van der Waals surface area contributed by atoms with E-state index in [-0.39, 0.29) is 11.5 Å². The first kappa shape index (κ1) is 30.3. The van der Waals surface area contributed by atoms with E-state index in [9.17, 15) is 0 Å². The van der Waals surface area contributed by atoms with Gasteiger partial charge in [-0.3, -0.25) is 0 Å². The van der Waals surface area contributed by atoms with E-state index < -0.39 is 0 Å². The molecule has 0 saturated heterocycles. The van der Waals surface area contributed by atoms with E-state index in [0.29, 0.717) is 0 Å². The van der Waals surface area contributed by atoms with Crippen LogP contribution in [0.4, 0.5) is 11.4 Å². The number of para-hydroxylation sites is 2. The van der Waals surface area contributed by atoms with Crippen molar-refractivity contribution in [1.29, 1.82) is 0 Å². The number of allylic oxidation sites excluding steroid dienone is 2. The lowest BCUT2D eigenvalue weighted by Crippen LogP contribution is -2.27. The Labute approximate surface area is 310 Å². The van der Waals surface area contributed by atoms with Crippen LogP contribution >= 0.6 is 0 Å². The molecule has 3 aliphatic rings. The first-order chi connectivity index (χ1) is 26.0. The first-order valence-electron chi connectivity index (χ1n) is 18.8. The van der Waals surface area contributed by atoms with Crippen LogP contribution in [0.1, 0.15) is 42.5 Å². The molecule has 11 rings (SSSR count). The minimum absolute atomic E-state index is 0.0498. The van der Waals surface area contributed by atoms with Crippen LogP contribution in [0.3, 0.4) is 0 Å². The maximum atomic E-state index is 2.55. The molecule has 1 aliphatic heterocycles. The quantitative estimate of drug-likeness (QED) is 0.180. The number of fused-ring (bicyclic) bond motifs is 9. The van der Waals surface area contributed by atoms with Crippen LogP contribution in [0.15, 0.2) is 176 Å². The van der Waals surface area contributed by atoms with Crippen molar-refractivity contribution in [2.75, 3.05) is 4.90 Å². The van der Waals surface area contributed by atoms with Crippen molar-refractivity contribution in [3.8, 4) is 27.9 Å². The largest absolute Gasteiger partial charge is 0.333 e. The maximum absolute atomic E-state index is 2.55. The molecule has 8 aromatic rings. The summed E-state index contributed by atoms with van der Waals surface area (Å²) < 4.78 is 2.46. The fourth-order valence-corrected chi connectivity index (χ4v) is 9.53. The number of hydrogen-bond acceptors (Lipinski definition) is 1. The van der Waals surface area contributed by atoms with Crippen molar-refractivity contribution >= 4 is 44.3 Å². The second-order valence-electron chi connectivity index (χ2n) is 15.3. The smallest absolute Gasteiger partial charge is 0.0633 e. The number of hydrogen-bond donors (Lipinski definition) is 0. The van der Waals surface area contributed by atoms with Crippen molar-refractivity contribution < 1.29 is 0 Å². The molecule has 2 heteroatoms. The number of benzene rings is 7. The van der Waals surface area contributed by atoms with E-state index >= 15 is 0 Å². The van der Waals surface area contributed by atoms with Crippen LogP contribution < -0.4 is 4.90 Å². The van der Waals surface area contributed by atoms with Crippen molar-refractivity contribution in [1.82, 2.24) is 4.57 Å². The van der Waals surface area contributed by atoms with Gasteiger partial charge in [-0.25, -0.2) is 0 Å². The highest BCUT2D eigenvalue weighted by molar-refractivity contribution is 6.11. The second-order valence-corrected chi connectivity index (χ2v) is 15.3. The normalized spacial score (nSPS) is 16.6. The van der Waals surface area contributed by atoms with Crippen molar-refractivity contribution in [3.05, 3.63) is 198 Å². The first-order valence-corrected chi connectivity index (χ1v) is 18.8. The molecular weight excluding hydrogens is 641 g/mol. The van der Waals surface area contributed by atoms with Gasteiger partial charge in [0.2, 0.25) is 0 Å². The molecule has 53 heavy (non-hydrogen) atoms. The zero-order chi connectivity index (χ0) is 35.3. The minimum Gasteiger partial charge on any atom is -0.333 e. The second kappa shape index (κ2) is 11.3. The SMILES string of the molecule is CC1(C)c2ccccc2-c2ccc(-n3c4ccccc4c4cc(C5=CCC6C(=C5)c5ccccc5N6c5cccc(-c6ccccc6)c5)ccc43)cc21. The summed E-state index contributed by atoms with van der Waals surface area (Å²) in [5.74, 6) is 0. The molecule has 0 saturated carbocycles. The Morgan fingerprint density at radius 1 is 0.509 bits per heavy atom. The molecule has 0 amide bonds. The molecule has 0 fully saturated rings. The molecule has 7 aromatic carbocycles. The van der Waals surface area contributed by atoms with Gasteiger partial charge in [0.1, 0.15) is 0 Å². The summed E-state index contributed by atoms with van der Waals surface area (Å²) in [4.78, 5) is 2.55. The van der Waals surface area contributed by atoms with Crippen LogP contribution in [0, 0.1) is 0 Å². The van der Waals surface area contributed by atoms with Gasteiger partial charge in [-0.05, 0) is 111 Å². The Hall–Kier alpha value is -6.38. The Kier molecular flexibility index (Phi) is 6.46. The Bertz CT molecular complexity index is 2850. The lowest BCUT2D eigenvalue weighted by atomic mass is 9.82. The molecule has 2 heterocycles. The van der Waals surface area contributed by atoms with Crippen LogP contribution in [0.25, 0.3) is 60.9 Å². The molecule has 252 valence electrons. The molecule has 0 bridgehead atoms. The Morgan fingerprint density at radius 3 is 2.15 bits per heavy atom. The minimum atomic E-state index is -0.0498. The topological polar surface area (TPSA) is 8.17 Å². The van der Waals surface area contributed by atoms with Gasteiger partial charge in [0.25, 0.3) is 0 Å². The number of aromatic nitrogens is 1. The summed E-state index contributed by atoms with van der Waals surface area (Å²) in [5, 5.41) is 2.57. The van der Waals surface area contributed by atoms with Gasteiger partial charge >= 0.3 is 0 Å². The molecule has 1 unspecified atom stereocenters. The third-order valence-electron chi connectivity index (χ3n) is 12.1. The third-order valence-corrected chi connectivity index (χ3v) is 12.1. The third kappa shape index (κ3) is 4.45. The van der Waals surface area contributed by atoms with Gasteiger partial charge in [0, 0.05) is 38.8 Å². The highest BCUT2D eigenvalue weighted by Gasteiger charge is 2.37. The number of anilines is 2. The van der Waals surface area contributed by atoms with Crippen molar-refractivity contribution in [2.45, 2.75) is 31.7 Å². The summed E-state index contributed by atoms with van der Waals surface area (Å²) >= 11 is 0. The van der Waals surface area contributed by atoms with E-state index in [1.54, 1.807) is 0 Å². The number of nitrogens with zero attached hydrogens (tertiary/aromatic N) is 2. The van der Waals surface area contributed by atoms with E-state index in [0.717, 1.165) is 6.42 Å². The van der Waals surface area contributed by atoms with Crippen molar-refractivity contribution in [2.24, 2.45) is 0 Å². The van der Waals surface area contributed by atoms with E-state index in [2.05, 4.69) is 199 Å². The fraction of sp³-hybridized carbons (Fsp3) is 0.0980. The van der Waals surface area contributed by atoms with Crippen LogP contribution in [-0.4, -0.2) is 10.6 Å². The lowest BCUT2D eigenvalue weighted by Gasteiger charge is -2.30. The van der Waals surface area contributed by atoms with Crippen molar-refractivity contribution in [3.63, 3.8) is 0 Å². The van der Waals surface area contributed by atoms with Gasteiger partial charge in [0.05, 0.1) is 17.1 Å². The average Bonchev–Trinajstić information content (AvgIpc) is 3.81. The molecular formula is C51H38N2. The van der Waals surface area contributed by atoms with Gasteiger partial charge in [0.15, 0.2) is 0 Å². The zero-order valence-corrected chi connectivity index (χ0v) is 29.9. The summed E-state index contributed by atoms with van der Waals surface area (Å²) in [5.41, 5.74) is 19.4. The Balaban J connectivity index is 0.996. The van der Waals surface area contributed by atoms with Crippen LogP contribution in [-0.2, 0) is 5.41 Å². The van der Waals surface area contributed by atoms with Crippen LogP contribution in [0.5, 0.6) is 0 Å². The predicted molar refractivity (Wildman–Crippen MR) is 223 cm³/mol. The molecule has 2 aliphatic carbocycles. The zero-order valence-electron chi connectivity index (χ0n) is 29.9. The molecule has 1 aromatic heterocycles. The lowest BCUT2D eigenvalue weighted by molar-refractivity contribution is 0.660. The van der Waals surface area contributed by atoms with Gasteiger partial charge < -0.3 is 9.47 Å². The highest BCUT2D eigenvalue weighted by Crippen LogP contribution is 2.51. The predicted octanol–water partition coefficient (Wildman–Crippen LogP) is 13.1.